The van der Waals surface area contributed by atoms with Crippen LogP contribution in [0.3, 0.4) is 0 Å². The van der Waals surface area contributed by atoms with Crippen LogP contribution in [0.1, 0.15) is 27.0 Å². The molecule has 0 saturated heterocycles. The van der Waals surface area contributed by atoms with Crippen molar-refractivity contribution in [3.63, 3.8) is 0 Å². The van der Waals surface area contributed by atoms with E-state index < -0.39 is 0 Å². The molecule has 0 spiro atoms. The van der Waals surface area contributed by atoms with Gasteiger partial charge in [-0.3, -0.25) is 4.79 Å². The van der Waals surface area contributed by atoms with E-state index in [2.05, 4.69) is 45.3 Å². The molecule has 1 N–H and O–H groups in total. The summed E-state index contributed by atoms with van der Waals surface area (Å²) in [4.78, 5) is 12.2. The number of aryl methyl sites for hydroxylation is 1. The van der Waals surface area contributed by atoms with Crippen LogP contribution < -0.4 is 10.2 Å². The first-order valence-corrected chi connectivity index (χ1v) is 9.56. The standard InChI is InChI=1S/C22H19IN2O2/c1-16-5-2-3-8-21(16)22(26)25-24-14-18-6-4-7-20(13-18)27-15-17-9-11-19(23)12-10-17/h2-14H,15H2,1H3,(H,25,26)/b24-14+. The third kappa shape index (κ3) is 5.65. The number of ether oxygens (including phenoxy) is 1. The van der Waals surface area contributed by atoms with Gasteiger partial charge in [-0.25, -0.2) is 5.43 Å². The number of rotatable bonds is 6. The number of hydrogen-bond donors (Lipinski definition) is 1. The molecule has 0 atom stereocenters. The summed E-state index contributed by atoms with van der Waals surface area (Å²) in [6.45, 7) is 2.40. The highest BCUT2D eigenvalue weighted by molar-refractivity contribution is 14.1. The highest BCUT2D eigenvalue weighted by Crippen LogP contribution is 2.15. The normalized spacial score (nSPS) is 10.7. The smallest absolute Gasteiger partial charge is 0.271 e. The highest BCUT2D eigenvalue weighted by atomic mass is 127. The van der Waals surface area contributed by atoms with Gasteiger partial charge in [0.05, 0.1) is 6.21 Å². The Hall–Kier alpha value is -2.67. The van der Waals surface area contributed by atoms with Crippen molar-refractivity contribution in [1.82, 2.24) is 5.43 Å². The fourth-order valence-corrected chi connectivity index (χ4v) is 2.84. The minimum absolute atomic E-state index is 0.226. The van der Waals surface area contributed by atoms with Gasteiger partial charge < -0.3 is 4.74 Å². The Morgan fingerprint density at radius 1 is 1.07 bits per heavy atom. The average Bonchev–Trinajstić information content (AvgIpc) is 2.68. The first kappa shape index (κ1) is 19.1. The van der Waals surface area contributed by atoms with Crippen molar-refractivity contribution in [1.29, 1.82) is 0 Å². The van der Waals surface area contributed by atoms with E-state index in [4.69, 9.17) is 4.74 Å². The number of halogens is 1. The van der Waals surface area contributed by atoms with Gasteiger partial charge in [0.2, 0.25) is 0 Å². The lowest BCUT2D eigenvalue weighted by Crippen LogP contribution is -2.18. The fraction of sp³-hybridized carbons (Fsp3) is 0.0909. The number of carbonyl (C=O) groups excluding carboxylic acids is 1. The molecule has 0 saturated carbocycles. The Balaban J connectivity index is 1.58. The molecular weight excluding hydrogens is 451 g/mol. The van der Waals surface area contributed by atoms with Crippen LogP contribution in [-0.2, 0) is 6.61 Å². The summed E-state index contributed by atoms with van der Waals surface area (Å²) in [6.07, 6.45) is 1.61. The van der Waals surface area contributed by atoms with Crippen molar-refractivity contribution in [2.45, 2.75) is 13.5 Å². The van der Waals surface area contributed by atoms with Crippen LogP contribution in [0.4, 0.5) is 0 Å². The molecule has 1 amide bonds. The second-order valence-electron chi connectivity index (χ2n) is 6.00. The summed E-state index contributed by atoms with van der Waals surface area (Å²) >= 11 is 2.28. The zero-order chi connectivity index (χ0) is 19.1. The zero-order valence-electron chi connectivity index (χ0n) is 14.9. The van der Waals surface area contributed by atoms with Crippen LogP contribution in [0.2, 0.25) is 0 Å². The maximum atomic E-state index is 12.2. The van der Waals surface area contributed by atoms with E-state index in [1.165, 1.54) is 3.57 Å². The molecule has 136 valence electrons. The minimum atomic E-state index is -0.226. The van der Waals surface area contributed by atoms with Gasteiger partial charge in [0.25, 0.3) is 5.91 Å². The largest absolute Gasteiger partial charge is 0.489 e. The Morgan fingerprint density at radius 2 is 1.85 bits per heavy atom. The quantitative estimate of drug-likeness (QED) is 0.315. The molecule has 0 radical (unpaired) electrons. The van der Waals surface area contributed by atoms with E-state index >= 15 is 0 Å². The maximum absolute atomic E-state index is 12.2. The molecule has 3 rings (SSSR count). The average molecular weight is 470 g/mol. The topological polar surface area (TPSA) is 50.7 Å². The van der Waals surface area contributed by atoms with Gasteiger partial charge in [-0.05, 0) is 76.5 Å². The summed E-state index contributed by atoms with van der Waals surface area (Å²) in [5.74, 6) is 0.526. The highest BCUT2D eigenvalue weighted by Gasteiger charge is 2.06. The van der Waals surface area contributed by atoms with Crippen LogP contribution in [0.25, 0.3) is 0 Å². The predicted molar refractivity (Wildman–Crippen MR) is 116 cm³/mol. The second kappa shape index (κ2) is 9.32. The summed E-state index contributed by atoms with van der Waals surface area (Å²) < 4.78 is 7.03. The van der Waals surface area contributed by atoms with Gasteiger partial charge in [0.1, 0.15) is 12.4 Å². The number of carbonyl (C=O) groups is 1. The first-order chi connectivity index (χ1) is 13.1. The molecule has 0 aliphatic heterocycles. The molecule has 5 heteroatoms. The number of benzene rings is 3. The van der Waals surface area contributed by atoms with E-state index in [1.807, 2.05) is 61.5 Å². The first-order valence-electron chi connectivity index (χ1n) is 8.48. The fourth-order valence-electron chi connectivity index (χ4n) is 2.49. The second-order valence-corrected chi connectivity index (χ2v) is 7.25. The molecule has 0 aromatic heterocycles. The van der Waals surface area contributed by atoms with Crippen molar-refractivity contribution < 1.29 is 9.53 Å². The molecule has 0 aliphatic carbocycles. The lowest BCUT2D eigenvalue weighted by Gasteiger charge is -2.07. The predicted octanol–water partition coefficient (Wildman–Crippen LogP) is 4.94. The Morgan fingerprint density at radius 3 is 2.63 bits per heavy atom. The molecule has 3 aromatic rings. The Labute approximate surface area is 172 Å². The van der Waals surface area contributed by atoms with E-state index in [-0.39, 0.29) is 5.91 Å². The van der Waals surface area contributed by atoms with Gasteiger partial charge in [-0.2, -0.15) is 5.10 Å². The van der Waals surface area contributed by atoms with Crippen molar-refractivity contribution in [2.75, 3.05) is 0 Å². The number of amides is 1. The van der Waals surface area contributed by atoms with Gasteiger partial charge in [-0.1, -0.05) is 42.5 Å². The Bertz CT molecular complexity index is 953. The summed E-state index contributed by atoms with van der Waals surface area (Å²) in [5.41, 5.74) is 6.05. The van der Waals surface area contributed by atoms with Crippen LogP contribution in [0.15, 0.2) is 77.9 Å². The molecule has 0 fully saturated rings. The number of nitrogens with zero attached hydrogens (tertiary/aromatic N) is 1. The molecule has 3 aromatic carbocycles. The molecule has 0 unspecified atom stereocenters. The lowest BCUT2D eigenvalue weighted by molar-refractivity contribution is 0.0954. The van der Waals surface area contributed by atoms with E-state index in [0.29, 0.717) is 12.2 Å². The van der Waals surface area contributed by atoms with Crippen LogP contribution in [0.5, 0.6) is 5.75 Å². The summed E-state index contributed by atoms with van der Waals surface area (Å²) in [6, 6.07) is 23.2. The molecule has 0 bridgehead atoms. The third-order valence-electron chi connectivity index (χ3n) is 3.95. The monoisotopic (exact) mass is 470 g/mol. The van der Waals surface area contributed by atoms with Crippen LogP contribution in [-0.4, -0.2) is 12.1 Å². The molecule has 0 aliphatic rings. The number of nitrogens with one attached hydrogen (secondary N) is 1. The van der Waals surface area contributed by atoms with Crippen LogP contribution in [0, 0.1) is 10.5 Å². The zero-order valence-corrected chi connectivity index (χ0v) is 17.0. The molecule has 4 nitrogen and oxygen atoms in total. The number of hydrazone groups is 1. The summed E-state index contributed by atoms with van der Waals surface area (Å²) in [5, 5.41) is 4.05. The SMILES string of the molecule is Cc1ccccc1C(=O)N/N=C/c1cccc(OCc2ccc(I)cc2)c1. The molecular formula is C22H19IN2O2. The maximum Gasteiger partial charge on any atom is 0.271 e. The van der Waals surface area contributed by atoms with Crippen molar-refractivity contribution in [3.05, 3.63) is 98.6 Å². The molecule has 0 heterocycles. The van der Waals surface area contributed by atoms with Crippen molar-refractivity contribution >= 4 is 34.7 Å². The van der Waals surface area contributed by atoms with Gasteiger partial charge in [0, 0.05) is 9.13 Å². The summed E-state index contributed by atoms with van der Waals surface area (Å²) in [7, 11) is 0. The van der Waals surface area contributed by atoms with E-state index in [1.54, 1.807) is 12.3 Å². The van der Waals surface area contributed by atoms with Gasteiger partial charge in [0.15, 0.2) is 0 Å². The van der Waals surface area contributed by atoms with Crippen molar-refractivity contribution in [3.8, 4) is 5.75 Å². The van der Waals surface area contributed by atoms with E-state index in [0.717, 1.165) is 22.4 Å². The van der Waals surface area contributed by atoms with Crippen LogP contribution >= 0.6 is 22.6 Å². The van der Waals surface area contributed by atoms with E-state index in [9.17, 15) is 4.79 Å². The molecule has 27 heavy (non-hydrogen) atoms. The third-order valence-corrected chi connectivity index (χ3v) is 4.67. The van der Waals surface area contributed by atoms with Crippen molar-refractivity contribution in [2.24, 2.45) is 5.10 Å². The van der Waals surface area contributed by atoms with Gasteiger partial charge in [-0.15, -0.1) is 0 Å². The minimum Gasteiger partial charge on any atom is -0.489 e. The lowest BCUT2D eigenvalue weighted by atomic mass is 10.1. The van der Waals surface area contributed by atoms with Gasteiger partial charge >= 0.3 is 0 Å². The Kier molecular flexibility index (Phi) is 6.59. The number of hydrogen-bond acceptors (Lipinski definition) is 3.